The maximum absolute atomic E-state index is 5.63. The Balaban J connectivity index is 1.74. The molecule has 1 aromatic carbocycles. The molecule has 0 saturated carbocycles. The van der Waals surface area contributed by atoms with E-state index in [0.29, 0.717) is 12.1 Å². The Bertz CT molecular complexity index is 341. The largest absolute Gasteiger partial charge is 0.378 e. The van der Waals surface area contributed by atoms with Crippen molar-refractivity contribution >= 4 is 0 Å². The number of hydrogen-bond donors (Lipinski definition) is 1. The Morgan fingerprint density at radius 2 is 2.11 bits per heavy atom. The molecule has 0 aliphatic carbocycles. The van der Waals surface area contributed by atoms with Crippen molar-refractivity contribution in [1.29, 1.82) is 0 Å². The van der Waals surface area contributed by atoms with E-state index in [1.54, 1.807) is 0 Å². The van der Waals surface area contributed by atoms with Crippen LogP contribution < -0.4 is 5.32 Å². The van der Waals surface area contributed by atoms with E-state index in [2.05, 4.69) is 43.4 Å². The topological polar surface area (TPSA) is 21.3 Å². The van der Waals surface area contributed by atoms with Crippen LogP contribution in [-0.2, 0) is 11.2 Å². The first-order valence-electron chi connectivity index (χ1n) is 7.23. The van der Waals surface area contributed by atoms with Gasteiger partial charge in [-0.1, -0.05) is 31.2 Å². The molecule has 0 bridgehead atoms. The molecule has 2 atom stereocenters. The van der Waals surface area contributed by atoms with Crippen molar-refractivity contribution in [2.75, 3.05) is 13.2 Å². The van der Waals surface area contributed by atoms with E-state index in [1.165, 1.54) is 24.0 Å². The number of rotatable bonds is 6. The normalized spacial score (nSPS) is 21.1. The van der Waals surface area contributed by atoms with Crippen molar-refractivity contribution in [1.82, 2.24) is 5.32 Å². The monoisotopic (exact) mass is 247 g/mol. The van der Waals surface area contributed by atoms with Gasteiger partial charge in [0.25, 0.3) is 0 Å². The van der Waals surface area contributed by atoms with Gasteiger partial charge in [-0.05, 0) is 50.3 Å². The Morgan fingerprint density at radius 3 is 2.72 bits per heavy atom. The van der Waals surface area contributed by atoms with Crippen molar-refractivity contribution in [2.24, 2.45) is 0 Å². The molecule has 1 aliphatic heterocycles. The van der Waals surface area contributed by atoms with Crippen LogP contribution >= 0.6 is 0 Å². The zero-order valence-electron chi connectivity index (χ0n) is 11.6. The van der Waals surface area contributed by atoms with E-state index in [0.717, 1.165) is 26.0 Å². The van der Waals surface area contributed by atoms with Crippen molar-refractivity contribution in [3.63, 3.8) is 0 Å². The maximum Gasteiger partial charge on any atom is 0.0588 e. The van der Waals surface area contributed by atoms with Crippen LogP contribution in [0.15, 0.2) is 24.3 Å². The van der Waals surface area contributed by atoms with E-state index < -0.39 is 0 Å². The van der Waals surface area contributed by atoms with Crippen LogP contribution in [0.1, 0.15) is 50.3 Å². The Hall–Kier alpha value is -0.860. The van der Waals surface area contributed by atoms with Crippen molar-refractivity contribution < 1.29 is 4.74 Å². The lowest BCUT2D eigenvalue weighted by Gasteiger charge is -2.16. The fourth-order valence-corrected chi connectivity index (χ4v) is 2.49. The van der Waals surface area contributed by atoms with E-state index in [-0.39, 0.29) is 0 Å². The molecule has 100 valence electrons. The summed E-state index contributed by atoms with van der Waals surface area (Å²) in [6.45, 7) is 6.43. The second-order valence-corrected chi connectivity index (χ2v) is 5.19. The molecule has 0 spiro atoms. The summed E-state index contributed by atoms with van der Waals surface area (Å²) in [7, 11) is 0. The van der Waals surface area contributed by atoms with Crippen LogP contribution in [-0.4, -0.2) is 19.3 Å². The van der Waals surface area contributed by atoms with E-state index >= 15 is 0 Å². The third kappa shape index (κ3) is 3.82. The van der Waals surface area contributed by atoms with Gasteiger partial charge < -0.3 is 10.1 Å². The Kier molecular flexibility index (Phi) is 5.21. The van der Waals surface area contributed by atoms with Crippen LogP contribution in [0.25, 0.3) is 0 Å². The summed E-state index contributed by atoms with van der Waals surface area (Å²) in [6, 6.07) is 9.36. The molecule has 1 aliphatic rings. The first-order chi connectivity index (χ1) is 8.79. The van der Waals surface area contributed by atoms with Gasteiger partial charge in [-0.3, -0.25) is 0 Å². The zero-order chi connectivity index (χ0) is 12.8. The van der Waals surface area contributed by atoms with Gasteiger partial charge in [-0.25, -0.2) is 0 Å². The minimum absolute atomic E-state index is 0.428. The summed E-state index contributed by atoms with van der Waals surface area (Å²) in [6.07, 6.45) is 5.21. The maximum atomic E-state index is 5.63. The second kappa shape index (κ2) is 6.91. The molecule has 18 heavy (non-hydrogen) atoms. The van der Waals surface area contributed by atoms with Crippen LogP contribution in [0, 0.1) is 0 Å². The molecule has 0 aromatic heterocycles. The Labute approximate surface area is 111 Å². The molecule has 2 rings (SSSR count). The number of nitrogens with one attached hydrogen (secondary N) is 1. The summed E-state index contributed by atoms with van der Waals surface area (Å²) >= 11 is 0. The average Bonchev–Trinajstić information content (AvgIpc) is 2.92. The van der Waals surface area contributed by atoms with Gasteiger partial charge in [0.15, 0.2) is 0 Å². The second-order valence-electron chi connectivity index (χ2n) is 5.19. The minimum atomic E-state index is 0.428. The van der Waals surface area contributed by atoms with Crippen molar-refractivity contribution in [3.05, 3.63) is 35.4 Å². The predicted octanol–water partition coefficient (Wildman–Crippen LogP) is 3.47. The SMILES string of the molecule is CCc1ccc(C(C)NCCC2CCCO2)cc1. The first-order valence-corrected chi connectivity index (χ1v) is 7.23. The molecule has 0 amide bonds. The average molecular weight is 247 g/mol. The van der Waals surface area contributed by atoms with Gasteiger partial charge in [0.05, 0.1) is 6.10 Å². The fraction of sp³-hybridized carbons (Fsp3) is 0.625. The summed E-state index contributed by atoms with van der Waals surface area (Å²) in [5.74, 6) is 0. The lowest BCUT2D eigenvalue weighted by molar-refractivity contribution is 0.103. The molecular formula is C16H25NO. The molecule has 1 heterocycles. The van der Waals surface area contributed by atoms with E-state index in [4.69, 9.17) is 4.74 Å². The van der Waals surface area contributed by atoms with Gasteiger partial charge in [0, 0.05) is 12.6 Å². The molecule has 1 N–H and O–H groups in total. The van der Waals surface area contributed by atoms with Gasteiger partial charge in [-0.2, -0.15) is 0 Å². The van der Waals surface area contributed by atoms with Gasteiger partial charge in [0.2, 0.25) is 0 Å². The van der Waals surface area contributed by atoms with Crippen LogP contribution in [0.3, 0.4) is 0 Å². The van der Waals surface area contributed by atoms with E-state index in [1.807, 2.05) is 0 Å². The summed E-state index contributed by atoms with van der Waals surface area (Å²) in [5, 5.41) is 3.58. The van der Waals surface area contributed by atoms with Gasteiger partial charge in [-0.15, -0.1) is 0 Å². The first kappa shape index (κ1) is 13.6. The molecule has 1 saturated heterocycles. The standard InChI is InChI=1S/C16H25NO/c1-3-14-6-8-15(9-7-14)13(2)17-11-10-16-5-4-12-18-16/h6-9,13,16-17H,3-5,10-12H2,1-2H3. The lowest BCUT2D eigenvalue weighted by atomic mass is 10.0. The third-order valence-electron chi connectivity index (χ3n) is 3.83. The molecule has 1 aromatic rings. The number of benzene rings is 1. The van der Waals surface area contributed by atoms with Crippen molar-refractivity contribution in [2.45, 2.75) is 51.7 Å². The van der Waals surface area contributed by atoms with Crippen LogP contribution in [0.4, 0.5) is 0 Å². The molecule has 2 heteroatoms. The minimum Gasteiger partial charge on any atom is -0.378 e. The third-order valence-corrected chi connectivity index (χ3v) is 3.83. The summed E-state index contributed by atoms with van der Waals surface area (Å²) in [4.78, 5) is 0. The highest BCUT2D eigenvalue weighted by atomic mass is 16.5. The smallest absolute Gasteiger partial charge is 0.0588 e. The highest BCUT2D eigenvalue weighted by Crippen LogP contribution is 2.16. The predicted molar refractivity (Wildman–Crippen MR) is 75.8 cm³/mol. The Morgan fingerprint density at radius 1 is 1.33 bits per heavy atom. The van der Waals surface area contributed by atoms with Gasteiger partial charge in [0.1, 0.15) is 0 Å². The number of ether oxygens (including phenoxy) is 1. The lowest BCUT2D eigenvalue weighted by Crippen LogP contribution is -2.23. The summed E-state index contributed by atoms with van der Waals surface area (Å²) < 4.78 is 5.63. The zero-order valence-corrected chi connectivity index (χ0v) is 11.6. The quantitative estimate of drug-likeness (QED) is 0.831. The molecule has 1 fully saturated rings. The molecule has 2 nitrogen and oxygen atoms in total. The van der Waals surface area contributed by atoms with Crippen LogP contribution in [0.2, 0.25) is 0 Å². The van der Waals surface area contributed by atoms with E-state index in [9.17, 15) is 0 Å². The fourth-order valence-electron chi connectivity index (χ4n) is 2.49. The highest BCUT2D eigenvalue weighted by molar-refractivity contribution is 5.24. The number of hydrogen-bond acceptors (Lipinski definition) is 2. The van der Waals surface area contributed by atoms with Crippen molar-refractivity contribution in [3.8, 4) is 0 Å². The van der Waals surface area contributed by atoms with Crippen LogP contribution in [0.5, 0.6) is 0 Å². The number of aryl methyl sites for hydroxylation is 1. The summed E-state index contributed by atoms with van der Waals surface area (Å²) in [5.41, 5.74) is 2.78. The molecule has 0 radical (unpaired) electrons. The highest BCUT2D eigenvalue weighted by Gasteiger charge is 2.15. The molecule has 2 unspecified atom stereocenters. The van der Waals surface area contributed by atoms with Gasteiger partial charge >= 0.3 is 0 Å². The molecular weight excluding hydrogens is 222 g/mol.